The third-order valence-electron chi connectivity index (χ3n) is 6.55. The molecule has 5 heteroatoms. The van der Waals surface area contributed by atoms with Crippen molar-refractivity contribution in [3.8, 4) is 0 Å². The first-order valence-electron chi connectivity index (χ1n) is 10.9. The number of hydrogen-bond acceptors (Lipinski definition) is 3. The van der Waals surface area contributed by atoms with Crippen molar-refractivity contribution in [1.29, 1.82) is 0 Å². The fraction of sp³-hybridized carbons (Fsp3) is 0.682. The maximum absolute atomic E-state index is 12.4. The molecule has 1 N–H and O–H groups in total. The van der Waals surface area contributed by atoms with Crippen LogP contribution >= 0.6 is 0 Å². The van der Waals surface area contributed by atoms with Gasteiger partial charge in [-0.3, -0.25) is 4.90 Å². The Kier molecular flexibility index (Phi) is 6.30. The lowest BCUT2D eigenvalue weighted by Gasteiger charge is -2.36. The SMILES string of the molecule is O=C(NCCCN1CCc2ccccc2C1)N1CCC(N2CCCC2)CC1. The number of fused-ring (bicyclic) bond motifs is 1. The number of nitrogens with one attached hydrogen (secondary N) is 1. The standard InChI is InChI=1S/C22H34N4O/c27-22(26-16-9-21(10-17-26)25-13-3-4-14-25)23-11-5-12-24-15-8-19-6-1-2-7-20(19)18-24/h1-2,6-7,21H,3-5,8-18H2,(H,23,27). The molecular weight excluding hydrogens is 336 g/mol. The van der Waals surface area contributed by atoms with Crippen LogP contribution < -0.4 is 5.32 Å². The fourth-order valence-corrected chi connectivity index (χ4v) is 4.90. The molecule has 1 aromatic carbocycles. The Morgan fingerprint density at radius 1 is 1.00 bits per heavy atom. The van der Waals surface area contributed by atoms with Gasteiger partial charge in [-0.05, 0) is 62.7 Å². The van der Waals surface area contributed by atoms with E-state index in [0.29, 0.717) is 6.04 Å². The molecular formula is C22H34N4O. The van der Waals surface area contributed by atoms with E-state index in [0.717, 1.165) is 65.0 Å². The van der Waals surface area contributed by atoms with E-state index in [1.807, 2.05) is 4.90 Å². The summed E-state index contributed by atoms with van der Waals surface area (Å²) in [6.45, 7) is 8.37. The molecule has 1 aromatic rings. The summed E-state index contributed by atoms with van der Waals surface area (Å²) >= 11 is 0. The van der Waals surface area contributed by atoms with E-state index >= 15 is 0 Å². The Morgan fingerprint density at radius 3 is 2.52 bits per heavy atom. The number of rotatable bonds is 5. The highest BCUT2D eigenvalue weighted by Crippen LogP contribution is 2.21. The van der Waals surface area contributed by atoms with Crippen molar-refractivity contribution in [2.75, 3.05) is 45.8 Å². The Bertz CT molecular complexity index is 620. The topological polar surface area (TPSA) is 38.8 Å². The van der Waals surface area contributed by atoms with Crippen LogP contribution in [-0.2, 0) is 13.0 Å². The lowest BCUT2D eigenvalue weighted by Crippen LogP contribution is -2.49. The van der Waals surface area contributed by atoms with Gasteiger partial charge < -0.3 is 15.1 Å². The summed E-state index contributed by atoms with van der Waals surface area (Å²) in [7, 11) is 0. The van der Waals surface area contributed by atoms with Gasteiger partial charge in [-0.2, -0.15) is 0 Å². The van der Waals surface area contributed by atoms with E-state index in [9.17, 15) is 4.79 Å². The maximum atomic E-state index is 12.4. The Hall–Kier alpha value is -1.59. The van der Waals surface area contributed by atoms with E-state index in [1.54, 1.807) is 0 Å². The largest absolute Gasteiger partial charge is 0.338 e. The number of piperidine rings is 1. The van der Waals surface area contributed by atoms with Gasteiger partial charge in [-0.15, -0.1) is 0 Å². The Labute approximate surface area is 163 Å². The highest BCUT2D eigenvalue weighted by Gasteiger charge is 2.28. The van der Waals surface area contributed by atoms with Gasteiger partial charge in [0.2, 0.25) is 0 Å². The number of likely N-dealkylation sites (tertiary alicyclic amines) is 2. The van der Waals surface area contributed by atoms with Gasteiger partial charge >= 0.3 is 6.03 Å². The summed E-state index contributed by atoms with van der Waals surface area (Å²) < 4.78 is 0. The number of amides is 2. The second-order valence-corrected chi connectivity index (χ2v) is 8.34. The van der Waals surface area contributed by atoms with Gasteiger partial charge in [0.05, 0.1) is 0 Å². The molecule has 27 heavy (non-hydrogen) atoms. The fourth-order valence-electron chi connectivity index (χ4n) is 4.90. The molecule has 0 unspecified atom stereocenters. The van der Waals surface area contributed by atoms with E-state index in [2.05, 4.69) is 39.4 Å². The number of nitrogens with zero attached hydrogens (tertiary/aromatic N) is 3. The summed E-state index contributed by atoms with van der Waals surface area (Å²) in [5.41, 5.74) is 2.97. The van der Waals surface area contributed by atoms with Gasteiger partial charge in [0, 0.05) is 45.3 Å². The van der Waals surface area contributed by atoms with Crippen LogP contribution in [0.15, 0.2) is 24.3 Å². The summed E-state index contributed by atoms with van der Waals surface area (Å²) in [5, 5.41) is 3.14. The molecule has 3 aliphatic rings. The van der Waals surface area contributed by atoms with Gasteiger partial charge in [-0.25, -0.2) is 4.79 Å². The first kappa shape index (κ1) is 18.8. The van der Waals surface area contributed by atoms with Crippen LogP contribution in [0.25, 0.3) is 0 Å². The van der Waals surface area contributed by atoms with E-state index < -0.39 is 0 Å². The molecule has 2 fully saturated rings. The third-order valence-corrected chi connectivity index (χ3v) is 6.55. The minimum atomic E-state index is 0.138. The van der Waals surface area contributed by atoms with Crippen LogP contribution in [0.4, 0.5) is 4.79 Å². The molecule has 3 heterocycles. The summed E-state index contributed by atoms with van der Waals surface area (Å²) in [6, 6.07) is 9.61. The molecule has 2 amide bonds. The van der Waals surface area contributed by atoms with Crippen molar-refractivity contribution >= 4 is 6.03 Å². The minimum absolute atomic E-state index is 0.138. The minimum Gasteiger partial charge on any atom is -0.338 e. The molecule has 4 rings (SSSR count). The van der Waals surface area contributed by atoms with Gasteiger partial charge in [0.15, 0.2) is 0 Å². The lowest BCUT2D eigenvalue weighted by atomic mass is 10.00. The Balaban J connectivity index is 1.12. The molecule has 0 spiro atoms. The molecule has 148 valence electrons. The van der Waals surface area contributed by atoms with Crippen molar-refractivity contribution < 1.29 is 4.79 Å². The average molecular weight is 371 g/mol. The molecule has 0 aromatic heterocycles. The highest BCUT2D eigenvalue weighted by molar-refractivity contribution is 5.74. The second kappa shape index (κ2) is 9.07. The van der Waals surface area contributed by atoms with Gasteiger partial charge in [0.25, 0.3) is 0 Å². The normalized spacial score (nSPS) is 22.0. The lowest BCUT2D eigenvalue weighted by molar-refractivity contribution is 0.134. The monoisotopic (exact) mass is 370 g/mol. The van der Waals surface area contributed by atoms with Crippen molar-refractivity contribution in [2.24, 2.45) is 0 Å². The van der Waals surface area contributed by atoms with Gasteiger partial charge in [0.1, 0.15) is 0 Å². The number of benzene rings is 1. The predicted octanol–water partition coefficient (Wildman–Crippen LogP) is 2.70. The first-order chi connectivity index (χ1) is 13.3. The zero-order valence-corrected chi connectivity index (χ0v) is 16.5. The number of carbonyl (C=O) groups is 1. The van der Waals surface area contributed by atoms with Crippen molar-refractivity contribution in [1.82, 2.24) is 20.0 Å². The summed E-state index contributed by atoms with van der Waals surface area (Å²) in [5.74, 6) is 0. The molecule has 2 saturated heterocycles. The molecule has 0 aliphatic carbocycles. The molecule has 0 atom stereocenters. The van der Waals surface area contributed by atoms with E-state index in [4.69, 9.17) is 0 Å². The zero-order valence-electron chi connectivity index (χ0n) is 16.5. The van der Waals surface area contributed by atoms with Crippen molar-refractivity contribution in [3.05, 3.63) is 35.4 Å². The predicted molar refractivity (Wildman–Crippen MR) is 109 cm³/mol. The second-order valence-electron chi connectivity index (χ2n) is 8.34. The van der Waals surface area contributed by atoms with E-state index in [-0.39, 0.29) is 6.03 Å². The van der Waals surface area contributed by atoms with Crippen molar-refractivity contribution in [2.45, 2.75) is 51.1 Å². The van der Waals surface area contributed by atoms with Crippen LogP contribution in [0, 0.1) is 0 Å². The summed E-state index contributed by atoms with van der Waals surface area (Å²) in [6.07, 6.45) is 7.15. The molecule has 5 nitrogen and oxygen atoms in total. The zero-order chi connectivity index (χ0) is 18.5. The smallest absolute Gasteiger partial charge is 0.317 e. The van der Waals surface area contributed by atoms with Crippen LogP contribution in [0.5, 0.6) is 0 Å². The van der Waals surface area contributed by atoms with Crippen LogP contribution in [-0.4, -0.2) is 72.6 Å². The molecule has 0 saturated carbocycles. The highest BCUT2D eigenvalue weighted by atomic mass is 16.2. The molecule has 3 aliphatic heterocycles. The third kappa shape index (κ3) is 4.82. The number of carbonyl (C=O) groups excluding carboxylic acids is 1. The Morgan fingerprint density at radius 2 is 1.74 bits per heavy atom. The molecule has 0 bridgehead atoms. The van der Waals surface area contributed by atoms with Crippen LogP contribution in [0.2, 0.25) is 0 Å². The molecule has 0 radical (unpaired) electrons. The first-order valence-corrected chi connectivity index (χ1v) is 10.9. The van der Waals surface area contributed by atoms with Gasteiger partial charge in [-0.1, -0.05) is 24.3 Å². The number of hydrogen-bond donors (Lipinski definition) is 1. The summed E-state index contributed by atoms with van der Waals surface area (Å²) in [4.78, 5) is 19.6. The average Bonchev–Trinajstić information content (AvgIpc) is 3.26. The van der Waals surface area contributed by atoms with Crippen molar-refractivity contribution in [3.63, 3.8) is 0 Å². The van der Waals surface area contributed by atoms with E-state index in [1.165, 1.54) is 37.1 Å². The quantitative estimate of drug-likeness (QED) is 0.810. The maximum Gasteiger partial charge on any atom is 0.317 e. The number of urea groups is 1. The van der Waals surface area contributed by atoms with Crippen LogP contribution in [0.1, 0.15) is 43.2 Å². The van der Waals surface area contributed by atoms with Crippen LogP contribution in [0.3, 0.4) is 0 Å².